The van der Waals surface area contributed by atoms with Crippen LogP contribution in [0, 0.1) is 5.82 Å². The van der Waals surface area contributed by atoms with E-state index in [-0.39, 0.29) is 11.7 Å². The Balaban J connectivity index is 2.42. The Morgan fingerprint density at radius 2 is 2.25 bits per heavy atom. The van der Waals surface area contributed by atoms with Crippen molar-refractivity contribution >= 4 is 16.9 Å². The van der Waals surface area contributed by atoms with E-state index in [0.29, 0.717) is 17.6 Å². The monoisotopic (exact) mass is 221 g/mol. The first-order valence-electron chi connectivity index (χ1n) is 4.88. The van der Waals surface area contributed by atoms with Crippen molar-refractivity contribution in [3.8, 4) is 0 Å². The number of benzene rings is 1. The third-order valence-electron chi connectivity index (χ3n) is 2.23. The molecule has 16 heavy (non-hydrogen) atoms. The number of hydrogen-bond acceptors (Lipinski definition) is 3. The molecule has 0 radical (unpaired) electrons. The normalized spacial score (nSPS) is 11.2. The summed E-state index contributed by atoms with van der Waals surface area (Å²) in [6.45, 7) is 0.294. The minimum atomic E-state index is -0.349. The summed E-state index contributed by atoms with van der Waals surface area (Å²) < 4.78 is 14.4. The number of aromatic nitrogens is 2. The standard InChI is InChI=1S/C11H12FN3O/c1-14(2)6-11(16)15-7-13-9-5-8(12)3-4-10(9)15/h3-5,7H,6H2,1-2H3. The van der Waals surface area contributed by atoms with E-state index < -0.39 is 0 Å². The summed E-state index contributed by atoms with van der Waals surface area (Å²) in [4.78, 5) is 17.6. The number of halogens is 1. The molecule has 5 heteroatoms. The summed E-state index contributed by atoms with van der Waals surface area (Å²) in [6, 6.07) is 4.20. The smallest absolute Gasteiger partial charge is 0.246 e. The number of fused-ring (bicyclic) bond motifs is 1. The zero-order chi connectivity index (χ0) is 11.7. The van der Waals surface area contributed by atoms with Gasteiger partial charge in [0.15, 0.2) is 0 Å². The Bertz CT molecular complexity index is 533. The Hall–Kier alpha value is -1.75. The van der Waals surface area contributed by atoms with Gasteiger partial charge < -0.3 is 4.90 Å². The summed E-state index contributed by atoms with van der Waals surface area (Å²) in [6.07, 6.45) is 1.43. The molecule has 0 bridgehead atoms. The van der Waals surface area contributed by atoms with Crippen molar-refractivity contribution in [3.63, 3.8) is 0 Å². The molecule has 1 heterocycles. The lowest BCUT2D eigenvalue weighted by Crippen LogP contribution is -2.25. The molecule has 84 valence electrons. The lowest BCUT2D eigenvalue weighted by molar-refractivity contribution is 0.0881. The van der Waals surface area contributed by atoms with E-state index in [1.165, 1.54) is 23.0 Å². The van der Waals surface area contributed by atoms with Crippen LogP contribution in [0.1, 0.15) is 4.79 Å². The second-order valence-corrected chi connectivity index (χ2v) is 3.88. The molecule has 0 amide bonds. The molecule has 1 aromatic heterocycles. The topological polar surface area (TPSA) is 38.1 Å². The summed E-state index contributed by atoms with van der Waals surface area (Å²) in [5.41, 5.74) is 1.13. The minimum absolute atomic E-state index is 0.0842. The SMILES string of the molecule is CN(C)CC(=O)n1cnc2cc(F)ccc21. The van der Waals surface area contributed by atoms with Crippen molar-refractivity contribution < 1.29 is 9.18 Å². The van der Waals surface area contributed by atoms with Crippen LogP contribution in [0.3, 0.4) is 0 Å². The van der Waals surface area contributed by atoms with Crippen molar-refractivity contribution in [3.05, 3.63) is 30.3 Å². The first kappa shape index (κ1) is 10.8. The number of rotatable bonds is 2. The molecule has 0 aliphatic heterocycles. The molecule has 2 aromatic rings. The maximum absolute atomic E-state index is 12.9. The summed E-state index contributed by atoms with van der Waals surface area (Å²) in [7, 11) is 3.63. The average Bonchev–Trinajstić information content (AvgIpc) is 2.59. The Morgan fingerprint density at radius 3 is 2.94 bits per heavy atom. The van der Waals surface area contributed by atoms with Crippen molar-refractivity contribution in [1.29, 1.82) is 0 Å². The molecule has 0 aliphatic rings. The van der Waals surface area contributed by atoms with E-state index in [0.717, 1.165) is 0 Å². The van der Waals surface area contributed by atoms with E-state index in [9.17, 15) is 9.18 Å². The highest BCUT2D eigenvalue weighted by Crippen LogP contribution is 2.13. The number of hydrogen-bond donors (Lipinski definition) is 0. The lowest BCUT2D eigenvalue weighted by atomic mass is 10.3. The van der Waals surface area contributed by atoms with Crippen LogP contribution in [0.5, 0.6) is 0 Å². The fraction of sp³-hybridized carbons (Fsp3) is 0.273. The van der Waals surface area contributed by atoms with Crippen LogP contribution >= 0.6 is 0 Å². The van der Waals surface area contributed by atoms with Crippen molar-refractivity contribution in [2.45, 2.75) is 0 Å². The first-order valence-corrected chi connectivity index (χ1v) is 4.88. The van der Waals surface area contributed by atoms with Crippen LogP contribution in [-0.4, -0.2) is 41.0 Å². The predicted molar refractivity (Wildman–Crippen MR) is 58.9 cm³/mol. The highest BCUT2D eigenvalue weighted by Gasteiger charge is 2.10. The predicted octanol–water partition coefficient (Wildman–Crippen LogP) is 1.38. The zero-order valence-electron chi connectivity index (χ0n) is 9.14. The van der Waals surface area contributed by atoms with E-state index >= 15 is 0 Å². The number of carbonyl (C=O) groups is 1. The fourth-order valence-corrected chi connectivity index (χ4v) is 1.53. The van der Waals surface area contributed by atoms with Gasteiger partial charge in [0.1, 0.15) is 12.1 Å². The first-order chi connectivity index (χ1) is 7.58. The molecule has 0 saturated heterocycles. The molecule has 1 aromatic carbocycles. The number of carbonyl (C=O) groups excluding carboxylic acids is 1. The molecule has 2 rings (SSSR count). The van der Waals surface area contributed by atoms with Gasteiger partial charge in [-0.3, -0.25) is 9.36 Å². The van der Waals surface area contributed by atoms with E-state index in [2.05, 4.69) is 4.98 Å². The van der Waals surface area contributed by atoms with Crippen LogP contribution in [0.4, 0.5) is 4.39 Å². The van der Waals surface area contributed by atoms with Gasteiger partial charge in [0.05, 0.1) is 17.6 Å². The quantitative estimate of drug-likeness (QED) is 0.768. The fourth-order valence-electron chi connectivity index (χ4n) is 1.53. The highest BCUT2D eigenvalue weighted by atomic mass is 19.1. The molecule has 0 spiro atoms. The van der Waals surface area contributed by atoms with Crippen molar-refractivity contribution in [1.82, 2.24) is 14.5 Å². The number of nitrogens with zero attached hydrogens (tertiary/aromatic N) is 3. The lowest BCUT2D eigenvalue weighted by Gasteiger charge is -2.08. The molecule has 0 unspecified atom stereocenters. The zero-order valence-corrected chi connectivity index (χ0v) is 9.14. The van der Waals surface area contributed by atoms with E-state index in [1.54, 1.807) is 11.0 Å². The van der Waals surface area contributed by atoms with Gasteiger partial charge in [-0.1, -0.05) is 0 Å². The van der Waals surface area contributed by atoms with Crippen LogP contribution in [0.25, 0.3) is 11.0 Å². The second kappa shape index (κ2) is 4.02. The maximum atomic E-state index is 12.9. The van der Waals surface area contributed by atoms with E-state index in [4.69, 9.17) is 0 Å². The van der Waals surface area contributed by atoms with Gasteiger partial charge in [0.2, 0.25) is 5.91 Å². The Kier molecular flexibility index (Phi) is 2.70. The molecular weight excluding hydrogens is 209 g/mol. The minimum Gasteiger partial charge on any atom is -0.301 e. The molecule has 0 aliphatic carbocycles. The van der Waals surface area contributed by atoms with Crippen LogP contribution in [-0.2, 0) is 0 Å². The summed E-state index contributed by atoms with van der Waals surface area (Å²) in [5, 5.41) is 0. The average molecular weight is 221 g/mol. The van der Waals surface area contributed by atoms with Crippen molar-refractivity contribution in [2.75, 3.05) is 20.6 Å². The molecule has 0 N–H and O–H groups in total. The number of imidazole rings is 1. The van der Waals surface area contributed by atoms with Gasteiger partial charge in [-0.2, -0.15) is 0 Å². The van der Waals surface area contributed by atoms with E-state index in [1.807, 2.05) is 14.1 Å². The van der Waals surface area contributed by atoms with Gasteiger partial charge in [0, 0.05) is 6.07 Å². The molecular formula is C11H12FN3O. The highest BCUT2D eigenvalue weighted by molar-refractivity contribution is 5.91. The molecule has 0 atom stereocenters. The summed E-state index contributed by atoms with van der Waals surface area (Å²) >= 11 is 0. The molecule has 0 saturated carbocycles. The third-order valence-corrected chi connectivity index (χ3v) is 2.23. The van der Waals surface area contributed by atoms with Gasteiger partial charge in [-0.15, -0.1) is 0 Å². The number of likely N-dealkylation sites (N-methyl/N-ethyl adjacent to an activating group) is 1. The second-order valence-electron chi connectivity index (χ2n) is 3.88. The van der Waals surface area contributed by atoms with Crippen LogP contribution < -0.4 is 0 Å². The van der Waals surface area contributed by atoms with Gasteiger partial charge in [-0.25, -0.2) is 9.37 Å². The van der Waals surface area contributed by atoms with Gasteiger partial charge >= 0.3 is 0 Å². The molecule has 0 fully saturated rings. The van der Waals surface area contributed by atoms with Gasteiger partial charge in [0.25, 0.3) is 0 Å². The Morgan fingerprint density at radius 1 is 1.50 bits per heavy atom. The Labute approximate surface area is 92.3 Å². The van der Waals surface area contributed by atoms with Crippen LogP contribution in [0.15, 0.2) is 24.5 Å². The summed E-state index contributed by atoms with van der Waals surface area (Å²) in [5.74, 6) is -0.433. The maximum Gasteiger partial charge on any atom is 0.246 e. The van der Waals surface area contributed by atoms with Crippen LogP contribution in [0.2, 0.25) is 0 Å². The third kappa shape index (κ3) is 1.94. The molecule has 4 nitrogen and oxygen atoms in total. The van der Waals surface area contributed by atoms with Crippen molar-refractivity contribution in [2.24, 2.45) is 0 Å². The largest absolute Gasteiger partial charge is 0.301 e. The van der Waals surface area contributed by atoms with Gasteiger partial charge in [-0.05, 0) is 26.2 Å².